The quantitative estimate of drug-likeness (QED) is 0.876. The Morgan fingerprint density at radius 1 is 1.43 bits per heavy atom. The van der Waals surface area contributed by atoms with Gasteiger partial charge in [-0.1, -0.05) is 25.1 Å². The number of ether oxygens (including phenoxy) is 1. The van der Waals surface area contributed by atoms with Gasteiger partial charge in [-0.2, -0.15) is 0 Å². The Hall–Kier alpha value is -1.59. The third-order valence-corrected chi connectivity index (χ3v) is 3.86. The Morgan fingerprint density at radius 3 is 2.83 bits per heavy atom. The average molecular weight is 320 g/mol. The molecule has 128 valence electrons. The molecule has 0 saturated carbocycles. The lowest BCUT2D eigenvalue weighted by atomic mass is 10.1. The molecule has 0 aromatic heterocycles. The summed E-state index contributed by atoms with van der Waals surface area (Å²) < 4.78 is 5.52. The Morgan fingerprint density at radius 2 is 2.17 bits per heavy atom. The van der Waals surface area contributed by atoms with Gasteiger partial charge in [0.2, 0.25) is 0 Å². The van der Waals surface area contributed by atoms with Gasteiger partial charge < -0.3 is 15.2 Å². The maximum atomic E-state index is 12.4. The molecule has 1 aliphatic heterocycles. The van der Waals surface area contributed by atoms with Crippen LogP contribution in [0.25, 0.3) is 0 Å². The molecular formula is C18H28N2O3. The van der Waals surface area contributed by atoms with E-state index in [2.05, 4.69) is 11.4 Å². The minimum absolute atomic E-state index is 0.294. The molecule has 1 aromatic rings. The van der Waals surface area contributed by atoms with Crippen molar-refractivity contribution in [3.8, 4) is 0 Å². The number of aliphatic hydroxyl groups excluding tert-OH is 1. The van der Waals surface area contributed by atoms with E-state index >= 15 is 0 Å². The lowest BCUT2D eigenvalue weighted by molar-refractivity contribution is 0.0583. The fraction of sp³-hybridized carbons (Fsp3) is 0.611. The van der Waals surface area contributed by atoms with Gasteiger partial charge in [0.05, 0.1) is 11.8 Å². The normalized spacial score (nSPS) is 15.4. The van der Waals surface area contributed by atoms with Crippen molar-refractivity contribution in [2.75, 3.05) is 18.0 Å². The summed E-state index contributed by atoms with van der Waals surface area (Å²) in [5, 5.41) is 12.9. The van der Waals surface area contributed by atoms with Crippen LogP contribution in [-0.2, 0) is 17.7 Å². The Kier molecular flexibility index (Phi) is 5.65. The van der Waals surface area contributed by atoms with Gasteiger partial charge in [-0.05, 0) is 44.7 Å². The predicted molar refractivity (Wildman–Crippen MR) is 91.7 cm³/mol. The van der Waals surface area contributed by atoms with E-state index < -0.39 is 5.60 Å². The summed E-state index contributed by atoms with van der Waals surface area (Å²) in [5.74, 6) is 0. The highest BCUT2D eigenvalue weighted by atomic mass is 16.6. The third kappa shape index (κ3) is 4.69. The second-order valence-electron chi connectivity index (χ2n) is 7.00. The molecule has 1 aliphatic rings. The van der Waals surface area contributed by atoms with Gasteiger partial charge in [0.15, 0.2) is 0 Å². The van der Waals surface area contributed by atoms with Crippen LogP contribution >= 0.6 is 0 Å². The molecule has 23 heavy (non-hydrogen) atoms. The van der Waals surface area contributed by atoms with Crippen LogP contribution in [-0.4, -0.2) is 36.0 Å². The highest BCUT2D eigenvalue weighted by Crippen LogP contribution is 2.33. The number of anilines is 1. The molecule has 0 saturated heterocycles. The number of carbonyl (C=O) groups excluding carboxylic acids is 1. The first-order valence-corrected chi connectivity index (χ1v) is 8.32. The number of nitrogens with one attached hydrogen (secondary N) is 1. The zero-order chi connectivity index (χ0) is 17.0. The van der Waals surface area contributed by atoms with Crippen LogP contribution in [0, 0.1) is 0 Å². The van der Waals surface area contributed by atoms with Crippen LogP contribution in [0.1, 0.15) is 45.2 Å². The van der Waals surface area contributed by atoms with Crippen molar-refractivity contribution in [1.29, 1.82) is 0 Å². The molecule has 0 radical (unpaired) electrons. The van der Waals surface area contributed by atoms with E-state index in [4.69, 9.17) is 4.74 Å². The van der Waals surface area contributed by atoms with Crippen molar-refractivity contribution < 1.29 is 14.6 Å². The molecule has 1 unspecified atom stereocenters. The third-order valence-electron chi connectivity index (χ3n) is 3.86. The summed E-state index contributed by atoms with van der Waals surface area (Å²) in [5.41, 5.74) is 2.69. The minimum Gasteiger partial charge on any atom is -0.443 e. The molecule has 0 fully saturated rings. The number of hydrogen-bond acceptors (Lipinski definition) is 4. The molecular weight excluding hydrogens is 292 g/mol. The van der Waals surface area contributed by atoms with Gasteiger partial charge in [-0.15, -0.1) is 0 Å². The Labute approximate surface area is 138 Å². The number of fused-ring (bicyclic) bond motifs is 1. The predicted octanol–water partition coefficient (Wildman–Crippen LogP) is 2.84. The summed E-state index contributed by atoms with van der Waals surface area (Å²) in [6, 6.07) is 6.10. The lowest BCUT2D eigenvalue weighted by Crippen LogP contribution is -2.36. The number of carbonyl (C=O) groups is 1. The number of rotatable bonds is 5. The van der Waals surface area contributed by atoms with Crippen LogP contribution < -0.4 is 10.2 Å². The molecule has 1 atom stereocenters. The van der Waals surface area contributed by atoms with Gasteiger partial charge in [-0.25, -0.2) is 4.79 Å². The fourth-order valence-corrected chi connectivity index (χ4v) is 2.70. The summed E-state index contributed by atoms with van der Waals surface area (Å²) in [6.45, 7) is 9.41. The van der Waals surface area contributed by atoms with Gasteiger partial charge in [0.1, 0.15) is 5.60 Å². The topological polar surface area (TPSA) is 61.8 Å². The molecule has 1 heterocycles. The van der Waals surface area contributed by atoms with Gasteiger partial charge in [0.25, 0.3) is 0 Å². The molecule has 1 aromatic carbocycles. The zero-order valence-electron chi connectivity index (χ0n) is 14.6. The van der Waals surface area contributed by atoms with Crippen LogP contribution in [0.2, 0.25) is 0 Å². The number of amides is 1. The molecule has 2 N–H and O–H groups in total. The van der Waals surface area contributed by atoms with Gasteiger partial charge in [-0.3, -0.25) is 4.90 Å². The molecule has 0 bridgehead atoms. The number of para-hydroxylation sites is 1. The molecule has 0 spiro atoms. The first kappa shape index (κ1) is 17.8. The van der Waals surface area contributed by atoms with E-state index in [1.165, 1.54) is 5.56 Å². The summed E-state index contributed by atoms with van der Waals surface area (Å²) in [6.07, 6.45) is 0.940. The SMILES string of the molecule is CCC(O)CNCc1cccc2c1N(C(=O)OC(C)(C)C)CC2. The van der Waals surface area contributed by atoms with Gasteiger partial charge in [0, 0.05) is 19.6 Å². The van der Waals surface area contributed by atoms with Crippen LogP contribution in [0.3, 0.4) is 0 Å². The van der Waals surface area contributed by atoms with Crippen LogP contribution in [0.15, 0.2) is 18.2 Å². The molecule has 1 amide bonds. The zero-order valence-corrected chi connectivity index (χ0v) is 14.6. The first-order chi connectivity index (χ1) is 10.8. The highest BCUT2D eigenvalue weighted by Gasteiger charge is 2.30. The second kappa shape index (κ2) is 7.32. The van der Waals surface area contributed by atoms with E-state index in [1.807, 2.05) is 39.8 Å². The molecule has 2 rings (SSSR count). The number of benzene rings is 1. The van der Waals surface area contributed by atoms with Crippen LogP contribution in [0.5, 0.6) is 0 Å². The van der Waals surface area contributed by atoms with Crippen LogP contribution in [0.4, 0.5) is 10.5 Å². The number of hydrogen-bond donors (Lipinski definition) is 2. The summed E-state index contributed by atoms with van der Waals surface area (Å²) in [7, 11) is 0. The maximum absolute atomic E-state index is 12.4. The van der Waals surface area contributed by atoms with Crippen molar-refractivity contribution in [1.82, 2.24) is 5.32 Å². The summed E-state index contributed by atoms with van der Waals surface area (Å²) in [4.78, 5) is 14.2. The van der Waals surface area contributed by atoms with Gasteiger partial charge >= 0.3 is 6.09 Å². The maximum Gasteiger partial charge on any atom is 0.414 e. The van der Waals surface area contributed by atoms with Crippen molar-refractivity contribution in [2.24, 2.45) is 0 Å². The highest BCUT2D eigenvalue weighted by molar-refractivity contribution is 5.91. The minimum atomic E-state index is -0.502. The fourth-order valence-electron chi connectivity index (χ4n) is 2.70. The smallest absolute Gasteiger partial charge is 0.414 e. The number of nitrogens with zero attached hydrogens (tertiary/aromatic N) is 1. The van der Waals surface area contributed by atoms with Crippen molar-refractivity contribution in [3.05, 3.63) is 29.3 Å². The Balaban J connectivity index is 2.12. The largest absolute Gasteiger partial charge is 0.443 e. The van der Waals surface area contributed by atoms with E-state index in [9.17, 15) is 9.90 Å². The molecule has 5 heteroatoms. The van der Waals surface area contributed by atoms with Crippen molar-refractivity contribution in [3.63, 3.8) is 0 Å². The van der Waals surface area contributed by atoms with Crippen molar-refractivity contribution in [2.45, 2.75) is 58.8 Å². The molecule has 5 nitrogen and oxygen atoms in total. The first-order valence-electron chi connectivity index (χ1n) is 8.32. The Bertz CT molecular complexity index is 552. The van der Waals surface area contributed by atoms with Crippen molar-refractivity contribution >= 4 is 11.8 Å². The monoisotopic (exact) mass is 320 g/mol. The van der Waals surface area contributed by atoms with E-state index in [-0.39, 0.29) is 12.2 Å². The number of aliphatic hydroxyl groups is 1. The van der Waals surface area contributed by atoms with E-state index in [0.717, 1.165) is 24.1 Å². The lowest BCUT2D eigenvalue weighted by Gasteiger charge is -2.26. The van der Waals surface area contributed by atoms with E-state index in [0.29, 0.717) is 19.6 Å². The van der Waals surface area contributed by atoms with E-state index in [1.54, 1.807) is 4.90 Å². The second-order valence-corrected chi connectivity index (χ2v) is 7.00. The standard InChI is InChI=1S/C18H28N2O3/c1-5-15(21)12-19-11-14-8-6-7-13-9-10-20(16(13)14)17(22)23-18(2,3)4/h6-8,15,19,21H,5,9-12H2,1-4H3. The average Bonchev–Trinajstić information content (AvgIpc) is 2.90. The summed E-state index contributed by atoms with van der Waals surface area (Å²) >= 11 is 0. The molecule has 0 aliphatic carbocycles.